The molecule has 0 spiro atoms. The number of nitrogens with zero attached hydrogens (tertiary/aromatic N) is 5. The second-order valence-electron chi connectivity index (χ2n) is 3.50. The van der Waals surface area contributed by atoms with Crippen LogP contribution in [0, 0.1) is 0 Å². The number of aryl methyl sites for hydroxylation is 1. The van der Waals surface area contributed by atoms with Crippen molar-refractivity contribution in [2.45, 2.75) is 10.9 Å². The highest BCUT2D eigenvalue weighted by Gasteiger charge is 2.12. The molecule has 0 aliphatic rings. The summed E-state index contributed by atoms with van der Waals surface area (Å²) in [4.78, 5) is 4.23. The summed E-state index contributed by atoms with van der Waals surface area (Å²) in [6.45, 7) is 0. The Kier molecular flexibility index (Phi) is 2.85. The summed E-state index contributed by atoms with van der Waals surface area (Å²) in [5.74, 6) is 2.11. The largest absolute Gasteiger partial charge is 0.461 e. The Morgan fingerprint density at radius 1 is 1.44 bits per heavy atom. The van der Waals surface area contributed by atoms with Crippen LogP contribution in [0.15, 0.2) is 38.8 Å². The van der Waals surface area contributed by atoms with Crippen LogP contribution in [-0.2, 0) is 12.8 Å². The smallest absolute Gasteiger partial charge is 0.238 e. The van der Waals surface area contributed by atoms with Crippen LogP contribution in [0.2, 0.25) is 0 Å². The lowest BCUT2D eigenvalue weighted by Crippen LogP contribution is -1.89. The molecule has 0 fully saturated rings. The molecule has 0 aromatic carbocycles. The Labute approximate surface area is 106 Å². The van der Waals surface area contributed by atoms with Crippen LogP contribution >= 0.6 is 11.8 Å². The number of thioether (sulfide) groups is 1. The Balaban J connectivity index is 1.69. The number of hydrogen-bond donors (Lipinski definition) is 0. The third-order valence-electron chi connectivity index (χ3n) is 2.20. The Morgan fingerprint density at radius 2 is 2.39 bits per heavy atom. The van der Waals surface area contributed by atoms with Gasteiger partial charge in [-0.05, 0) is 12.1 Å². The molecule has 3 aromatic heterocycles. The van der Waals surface area contributed by atoms with Crippen LogP contribution < -0.4 is 0 Å². The Morgan fingerprint density at radius 3 is 3.11 bits per heavy atom. The van der Waals surface area contributed by atoms with E-state index in [9.17, 15) is 0 Å². The van der Waals surface area contributed by atoms with Gasteiger partial charge in [-0.1, -0.05) is 16.9 Å². The molecule has 3 heterocycles. The molecule has 0 aliphatic carbocycles. The maximum Gasteiger partial charge on any atom is 0.238 e. The molecule has 18 heavy (non-hydrogen) atoms. The summed E-state index contributed by atoms with van der Waals surface area (Å²) in [5.41, 5.74) is 0. The SMILES string of the molecule is Cn1cnnc1SCc1nc(-c2ccco2)no1. The molecule has 0 amide bonds. The fourth-order valence-corrected chi connectivity index (χ4v) is 2.07. The van der Waals surface area contributed by atoms with Crippen molar-refractivity contribution < 1.29 is 8.94 Å². The first-order valence-corrected chi connectivity index (χ1v) is 6.15. The molecule has 0 unspecified atom stereocenters. The summed E-state index contributed by atoms with van der Waals surface area (Å²) >= 11 is 1.48. The summed E-state index contributed by atoms with van der Waals surface area (Å²) in [7, 11) is 1.88. The van der Waals surface area contributed by atoms with E-state index in [1.54, 1.807) is 24.7 Å². The highest BCUT2D eigenvalue weighted by Crippen LogP contribution is 2.21. The van der Waals surface area contributed by atoms with Gasteiger partial charge in [-0.2, -0.15) is 4.98 Å². The lowest BCUT2D eigenvalue weighted by molar-refractivity contribution is 0.390. The predicted octanol–water partition coefficient (Wildman–Crippen LogP) is 1.75. The Hall–Kier alpha value is -2.09. The van der Waals surface area contributed by atoms with Crippen LogP contribution in [0.5, 0.6) is 0 Å². The quantitative estimate of drug-likeness (QED) is 0.663. The lowest BCUT2D eigenvalue weighted by atomic mass is 10.4. The van der Waals surface area contributed by atoms with Gasteiger partial charge in [-0.15, -0.1) is 10.2 Å². The van der Waals surface area contributed by atoms with E-state index in [-0.39, 0.29) is 0 Å². The molecule has 0 aliphatic heterocycles. The van der Waals surface area contributed by atoms with Crippen molar-refractivity contribution in [3.05, 3.63) is 30.6 Å². The monoisotopic (exact) mass is 263 g/mol. The molecule has 7 nitrogen and oxygen atoms in total. The van der Waals surface area contributed by atoms with Crippen molar-refractivity contribution in [3.8, 4) is 11.6 Å². The van der Waals surface area contributed by atoms with E-state index in [1.165, 1.54) is 11.8 Å². The average Bonchev–Trinajstić information content (AvgIpc) is 3.08. The molecule has 0 radical (unpaired) electrons. The van der Waals surface area contributed by atoms with Crippen LogP contribution in [0.4, 0.5) is 0 Å². The maximum atomic E-state index is 5.18. The summed E-state index contributed by atoms with van der Waals surface area (Å²) in [5, 5.41) is 12.4. The molecule has 92 valence electrons. The number of aromatic nitrogens is 5. The van der Waals surface area contributed by atoms with E-state index in [0.29, 0.717) is 23.2 Å². The number of rotatable bonds is 4. The summed E-state index contributed by atoms with van der Waals surface area (Å²) < 4.78 is 12.1. The van der Waals surface area contributed by atoms with Gasteiger partial charge < -0.3 is 13.5 Å². The van der Waals surface area contributed by atoms with E-state index in [0.717, 1.165) is 5.16 Å². The minimum absolute atomic E-state index is 0.452. The fraction of sp³-hybridized carbons (Fsp3) is 0.200. The first-order valence-electron chi connectivity index (χ1n) is 5.16. The van der Waals surface area contributed by atoms with Crippen molar-refractivity contribution in [1.29, 1.82) is 0 Å². The van der Waals surface area contributed by atoms with Gasteiger partial charge >= 0.3 is 0 Å². The van der Waals surface area contributed by atoms with Crippen molar-refractivity contribution in [2.24, 2.45) is 7.05 Å². The number of furan rings is 1. The minimum atomic E-state index is 0.452. The standard InChI is InChI=1S/C10H9N5O2S/c1-15-6-11-13-10(15)18-5-8-12-9(14-17-8)7-3-2-4-16-7/h2-4,6H,5H2,1H3. The van der Waals surface area contributed by atoms with E-state index < -0.39 is 0 Å². The Bertz CT molecular complexity index is 630. The molecular weight excluding hydrogens is 254 g/mol. The van der Waals surface area contributed by atoms with Gasteiger partial charge in [0, 0.05) is 7.05 Å². The highest BCUT2D eigenvalue weighted by atomic mass is 32.2. The molecule has 3 rings (SSSR count). The molecule has 3 aromatic rings. The van der Waals surface area contributed by atoms with Gasteiger partial charge in [0.15, 0.2) is 10.9 Å². The van der Waals surface area contributed by atoms with Crippen molar-refractivity contribution >= 4 is 11.8 Å². The summed E-state index contributed by atoms with van der Waals surface area (Å²) in [6, 6.07) is 3.56. The fourth-order valence-electron chi connectivity index (χ4n) is 1.35. The van der Waals surface area contributed by atoms with Gasteiger partial charge in [-0.3, -0.25) is 0 Å². The number of hydrogen-bond acceptors (Lipinski definition) is 7. The zero-order valence-electron chi connectivity index (χ0n) is 9.48. The van der Waals surface area contributed by atoms with Crippen LogP contribution in [0.25, 0.3) is 11.6 Å². The van der Waals surface area contributed by atoms with E-state index in [4.69, 9.17) is 8.94 Å². The summed E-state index contributed by atoms with van der Waals surface area (Å²) in [6.07, 6.45) is 3.21. The molecule has 0 saturated carbocycles. The molecule has 0 atom stereocenters. The zero-order valence-corrected chi connectivity index (χ0v) is 10.3. The normalized spacial score (nSPS) is 10.9. The second-order valence-corrected chi connectivity index (χ2v) is 4.44. The van der Waals surface area contributed by atoms with Gasteiger partial charge in [-0.25, -0.2) is 0 Å². The van der Waals surface area contributed by atoms with Gasteiger partial charge in [0.1, 0.15) is 6.33 Å². The predicted molar refractivity (Wildman–Crippen MR) is 62.6 cm³/mol. The van der Waals surface area contributed by atoms with Gasteiger partial charge in [0.25, 0.3) is 0 Å². The first-order chi connectivity index (χ1) is 8.83. The lowest BCUT2D eigenvalue weighted by Gasteiger charge is -1.95. The molecule has 0 bridgehead atoms. The van der Waals surface area contributed by atoms with Crippen LogP contribution in [0.3, 0.4) is 0 Å². The third kappa shape index (κ3) is 2.14. The highest BCUT2D eigenvalue weighted by molar-refractivity contribution is 7.98. The molecule has 8 heteroatoms. The molecule has 0 saturated heterocycles. The second kappa shape index (κ2) is 4.65. The first kappa shape index (κ1) is 11.0. The van der Waals surface area contributed by atoms with Crippen molar-refractivity contribution in [3.63, 3.8) is 0 Å². The van der Waals surface area contributed by atoms with Crippen molar-refractivity contribution in [2.75, 3.05) is 0 Å². The molecular formula is C10H9N5O2S. The van der Waals surface area contributed by atoms with Crippen LogP contribution in [-0.4, -0.2) is 24.9 Å². The topological polar surface area (TPSA) is 82.8 Å². The minimum Gasteiger partial charge on any atom is -0.461 e. The zero-order chi connectivity index (χ0) is 12.4. The van der Waals surface area contributed by atoms with E-state index in [1.807, 2.05) is 11.6 Å². The van der Waals surface area contributed by atoms with Crippen LogP contribution in [0.1, 0.15) is 5.89 Å². The average molecular weight is 263 g/mol. The maximum absolute atomic E-state index is 5.18. The third-order valence-corrected chi connectivity index (χ3v) is 3.22. The van der Waals surface area contributed by atoms with E-state index in [2.05, 4.69) is 20.3 Å². The van der Waals surface area contributed by atoms with Gasteiger partial charge in [0.2, 0.25) is 11.7 Å². The molecule has 0 N–H and O–H groups in total. The van der Waals surface area contributed by atoms with Crippen molar-refractivity contribution in [1.82, 2.24) is 24.9 Å². The van der Waals surface area contributed by atoms with E-state index >= 15 is 0 Å². The van der Waals surface area contributed by atoms with Gasteiger partial charge in [0.05, 0.1) is 12.0 Å².